The summed E-state index contributed by atoms with van der Waals surface area (Å²) >= 11 is 1.65. The van der Waals surface area contributed by atoms with E-state index in [0.717, 1.165) is 5.56 Å². The van der Waals surface area contributed by atoms with E-state index in [1.807, 2.05) is 30.7 Å². The normalized spacial score (nSPS) is 14.9. The van der Waals surface area contributed by atoms with Gasteiger partial charge in [-0.15, -0.1) is 0 Å². The van der Waals surface area contributed by atoms with E-state index in [4.69, 9.17) is 11.5 Å². The third-order valence-electron chi connectivity index (χ3n) is 1.70. The number of rotatable bonds is 2. The van der Waals surface area contributed by atoms with Gasteiger partial charge in [0.15, 0.2) is 0 Å². The fourth-order valence-electron chi connectivity index (χ4n) is 0.882. The summed E-state index contributed by atoms with van der Waals surface area (Å²) in [5.74, 6) is 0. The van der Waals surface area contributed by atoms with Crippen LogP contribution in [0.4, 0.5) is 0 Å². The summed E-state index contributed by atoms with van der Waals surface area (Å²) in [7, 11) is 0. The Morgan fingerprint density at radius 2 is 2.18 bits per heavy atom. The van der Waals surface area contributed by atoms with Crippen LogP contribution in [0.3, 0.4) is 0 Å². The molecule has 1 aromatic rings. The molecule has 11 heavy (non-hydrogen) atoms. The standard InChI is InChI=1S/C8H14N2S/c1-8(2,10)7(9)6-3-4-11-5-6/h3-5,7H,9-10H2,1-2H3. The quantitative estimate of drug-likeness (QED) is 0.706. The summed E-state index contributed by atoms with van der Waals surface area (Å²) in [6.45, 7) is 3.88. The molecular formula is C8H14N2S. The first kappa shape index (κ1) is 8.71. The highest BCUT2D eigenvalue weighted by molar-refractivity contribution is 7.07. The minimum Gasteiger partial charge on any atom is -0.324 e. The van der Waals surface area contributed by atoms with Crippen molar-refractivity contribution in [2.45, 2.75) is 25.4 Å². The van der Waals surface area contributed by atoms with Crippen molar-refractivity contribution in [3.8, 4) is 0 Å². The molecule has 0 bridgehead atoms. The molecular weight excluding hydrogens is 156 g/mol. The van der Waals surface area contributed by atoms with Crippen LogP contribution < -0.4 is 11.5 Å². The Bertz CT molecular complexity index is 210. The molecule has 1 atom stereocenters. The molecule has 0 aromatic carbocycles. The van der Waals surface area contributed by atoms with Crippen LogP contribution in [0.5, 0.6) is 0 Å². The van der Waals surface area contributed by atoms with Crippen LogP contribution in [-0.2, 0) is 0 Å². The molecule has 4 N–H and O–H groups in total. The predicted octanol–water partition coefficient (Wildman–Crippen LogP) is 1.49. The molecule has 0 fully saturated rings. The summed E-state index contributed by atoms with van der Waals surface area (Å²) < 4.78 is 0. The lowest BCUT2D eigenvalue weighted by molar-refractivity contribution is 0.421. The van der Waals surface area contributed by atoms with Gasteiger partial charge in [0, 0.05) is 11.6 Å². The van der Waals surface area contributed by atoms with Gasteiger partial charge in [-0.1, -0.05) is 0 Å². The van der Waals surface area contributed by atoms with Crippen LogP contribution in [-0.4, -0.2) is 5.54 Å². The molecule has 0 spiro atoms. The number of hydrogen-bond donors (Lipinski definition) is 2. The highest BCUT2D eigenvalue weighted by Gasteiger charge is 2.22. The first-order chi connectivity index (χ1) is 5.02. The molecule has 0 saturated carbocycles. The predicted molar refractivity (Wildman–Crippen MR) is 49.5 cm³/mol. The van der Waals surface area contributed by atoms with Crippen LogP contribution in [0.2, 0.25) is 0 Å². The number of nitrogens with two attached hydrogens (primary N) is 2. The molecule has 0 amide bonds. The van der Waals surface area contributed by atoms with E-state index in [-0.39, 0.29) is 11.6 Å². The monoisotopic (exact) mass is 170 g/mol. The Hall–Kier alpha value is -0.380. The SMILES string of the molecule is CC(C)(N)C(N)c1ccsc1. The highest BCUT2D eigenvalue weighted by Crippen LogP contribution is 2.22. The molecule has 1 aromatic heterocycles. The second-order valence-corrected chi connectivity index (χ2v) is 4.14. The van der Waals surface area contributed by atoms with Crippen molar-refractivity contribution in [3.05, 3.63) is 22.4 Å². The van der Waals surface area contributed by atoms with Gasteiger partial charge in [-0.3, -0.25) is 0 Å². The summed E-state index contributed by atoms with van der Waals surface area (Å²) in [5, 5.41) is 4.06. The minimum absolute atomic E-state index is 0.0613. The Labute approximate surface area is 71.2 Å². The van der Waals surface area contributed by atoms with Gasteiger partial charge in [0.2, 0.25) is 0 Å². The lowest BCUT2D eigenvalue weighted by atomic mass is 9.92. The van der Waals surface area contributed by atoms with Gasteiger partial charge in [0.1, 0.15) is 0 Å². The minimum atomic E-state index is -0.332. The van der Waals surface area contributed by atoms with E-state index in [2.05, 4.69) is 0 Å². The molecule has 1 heterocycles. The number of thiophene rings is 1. The van der Waals surface area contributed by atoms with E-state index in [9.17, 15) is 0 Å². The smallest absolute Gasteiger partial charge is 0.0480 e. The summed E-state index contributed by atoms with van der Waals surface area (Å²) in [4.78, 5) is 0. The molecule has 0 aliphatic heterocycles. The summed E-state index contributed by atoms with van der Waals surface area (Å²) in [6.07, 6.45) is 0. The molecule has 2 nitrogen and oxygen atoms in total. The van der Waals surface area contributed by atoms with E-state index in [1.165, 1.54) is 0 Å². The van der Waals surface area contributed by atoms with Crippen molar-refractivity contribution >= 4 is 11.3 Å². The van der Waals surface area contributed by atoms with Gasteiger partial charge < -0.3 is 11.5 Å². The zero-order valence-electron chi connectivity index (χ0n) is 6.87. The van der Waals surface area contributed by atoms with Crippen molar-refractivity contribution in [1.82, 2.24) is 0 Å². The highest BCUT2D eigenvalue weighted by atomic mass is 32.1. The van der Waals surface area contributed by atoms with Crippen LogP contribution in [0.15, 0.2) is 16.8 Å². The van der Waals surface area contributed by atoms with E-state index < -0.39 is 0 Å². The van der Waals surface area contributed by atoms with E-state index in [0.29, 0.717) is 0 Å². The van der Waals surface area contributed by atoms with E-state index in [1.54, 1.807) is 11.3 Å². The van der Waals surface area contributed by atoms with Gasteiger partial charge in [0.25, 0.3) is 0 Å². The Balaban J connectivity index is 2.78. The van der Waals surface area contributed by atoms with Crippen molar-refractivity contribution in [2.75, 3.05) is 0 Å². The second kappa shape index (κ2) is 2.93. The summed E-state index contributed by atoms with van der Waals surface area (Å²) in [5.41, 5.74) is 12.5. The largest absolute Gasteiger partial charge is 0.324 e. The Morgan fingerprint density at radius 1 is 1.55 bits per heavy atom. The van der Waals surface area contributed by atoms with Crippen LogP contribution in [0.25, 0.3) is 0 Å². The van der Waals surface area contributed by atoms with Crippen molar-refractivity contribution in [1.29, 1.82) is 0 Å². The molecule has 62 valence electrons. The van der Waals surface area contributed by atoms with Gasteiger partial charge >= 0.3 is 0 Å². The van der Waals surface area contributed by atoms with Gasteiger partial charge in [-0.25, -0.2) is 0 Å². The van der Waals surface area contributed by atoms with Crippen LogP contribution in [0.1, 0.15) is 25.5 Å². The maximum atomic E-state index is 5.90. The Morgan fingerprint density at radius 3 is 2.55 bits per heavy atom. The number of hydrogen-bond acceptors (Lipinski definition) is 3. The first-order valence-corrected chi connectivity index (χ1v) is 4.52. The zero-order valence-corrected chi connectivity index (χ0v) is 7.69. The third-order valence-corrected chi connectivity index (χ3v) is 2.41. The van der Waals surface area contributed by atoms with Gasteiger partial charge in [-0.2, -0.15) is 11.3 Å². The Kier molecular flexibility index (Phi) is 2.32. The average Bonchev–Trinajstić information content (AvgIpc) is 2.34. The maximum Gasteiger partial charge on any atom is 0.0480 e. The average molecular weight is 170 g/mol. The molecule has 0 saturated heterocycles. The lowest BCUT2D eigenvalue weighted by Gasteiger charge is -2.26. The fraction of sp³-hybridized carbons (Fsp3) is 0.500. The molecule has 1 rings (SSSR count). The van der Waals surface area contributed by atoms with Gasteiger partial charge in [0.05, 0.1) is 0 Å². The van der Waals surface area contributed by atoms with Crippen molar-refractivity contribution in [2.24, 2.45) is 11.5 Å². The first-order valence-electron chi connectivity index (χ1n) is 3.58. The topological polar surface area (TPSA) is 52.0 Å². The third kappa shape index (κ3) is 2.02. The maximum absolute atomic E-state index is 5.90. The van der Waals surface area contributed by atoms with Crippen LogP contribution in [0, 0.1) is 0 Å². The summed E-state index contributed by atoms with van der Waals surface area (Å²) in [6, 6.07) is 1.96. The molecule has 0 aliphatic rings. The van der Waals surface area contributed by atoms with Crippen molar-refractivity contribution < 1.29 is 0 Å². The van der Waals surface area contributed by atoms with E-state index >= 15 is 0 Å². The van der Waals surface area contributed by atoms with Gasteiger partial charge in [-0.05, 0) is 36.2 Å². The molecule has 0 aliphatic carbocycles. The van der Waals surface area contributed by atoms with Crippen molar-refractivity contribution in [3.63, 3.8) is 0 Å². The molecule has 3 heteroatoms. The second-order valence-electron chi connectivity index (χ2n) is 3.36. The van der Waals surface area contributed by atoms with Crippen LogP contribution >= 0.6 is 11.3 Å². The molecule has 1 unspecified atom stereocenters. The molecule has 0 radical (unpaired) electrons. The lowest BCUT2D eigenvalue weighted by Crippen LogP contribution is -2.43. The fourth-order valence-corrected chi connectivity index (χ4v) is 1.58. The zero-order chi connectivity index (χ0) is 8.48.